The number of benzene rings is 1. The number of nitrogens with one attached hydrogen (secondary N) is 1. The van der Waals surface area contributed by atoms with Gasteiger partial charge in [-0.3, -0.25) is 4.79 Å². The number of fused-ring (bicyclic) bond motifs is 1. The number of thiophene rings is 1. The number of rotatable bonds is 3. The Labute approximate surface area is 110 Å². The molecule has 1 aliphatic carbocycles. The van der Waals surface area contributed by atoms with E-state index in [4.69, 9.17) is 5.73 Å². The first-order chi connectivity index (χ1) is 8.66. The molecule has 1 aromatic heterocycles. The third kappa shape index (κ3) is 1.97. The Hall–Kier alpha value is -1.55. The molecule has 0 bridgehead atoms. The van der Waals surface area contributed by atoms with Gasteiger partial charge in [-0.15, -0.1) is 11.3 Å². The fourth-order valence-corrected chi connectivity index (χ4v) is 3.19. The fourth-order valence-electron chi connectivity index (χ4n) is 2.09. The number of anilines is 1. The molecule has 3 nitrogen and oxygen atoms in total. The summed E-state index contributed by atoms with van der Waals surface area (Å²) in [5, 5.41) is 3.97. The lowest BCUT2D eigenvalue weighted by atomic mass is 10.1. The predicted octanol–water partition coefficient (Wildman–Crippen LogP) is 2.93. The van der Waals surface area contributed by atoms with Gasteiger partial charge >= 0.3 is 0 Å². The number of nitrogen functional groups attached to an aromatic ring is 1. The second-order valence-corrected chi connectivity index (χ2v) is 5.97. The Morgan fingerprint density at radius 1 is 1.50 bits per heavy atom. The quantitative estimate of drug-likeness (QED) is 0.891. The molecule has 1 heterocycles. The van der Waals surface area contributed by atoms with Crippen LogP contribution in [0.2, 0.25) is 0 Å². The van der Waals surface area contributed by atoms with Crippen molar-refractivity contribution in [3.05, 3.63) is 28.6 Å². The van der Waals surface area contributed by atoms with Gasteiger partial charge in [0.25, 0.3) is 5.91 Å². The van der Waals surface area contributed by atoms with Gasteiger partial charge in [0.15, 0.2) is 0 Å². The lowest BCUT2D eigenvalue weighted by Gasteiger charge is -2.02. The summed E-state index contributed by atoms with van der Waals surface area (Å²) in [6.07, 6.45) is 2.47. The van der Waals surface area contributed by atoms with Crippen LogP contribution in [0.25, 0.3) is 10.1 Å². The minimum Gasteiger partial charge on any atom is -0.397 e. The van der Waals surface area contributed by atoms with E-state index in [1.54, 1.807) is 0 Å². The summed E-state index contributed by atoms with van der Waals surface area (Å²) >= 11 is 1.49. The second-order valence-electron chi connectivity index (χ2n) is 4.95. The van der Waals surface area contributed by atoms with Crippen molar-refractivity contribution in [3.8, 4) is 0 Å². The molecule has 0 saturated heterocycles. The molecule has 4 heteroatoms. The van der Waals surface area contributed by atoms with Crippen LogP contribution >= 0.6 is 11.3 Å². The first kappa shape index (κ1) is 11.5. The highest BCUT2D eigenvalue weighted by Gasteiger charge is 2.23. The number of amides is 1. The lowest BCUT2D eigenvalue weighted by molar-refractivity contribution is 0.0956. The summed E-state index contributed by atoms with van der Waals surface area (Å²) in [6, 6.07) is 6.00. The second kappa shape index (κ2) is 4.28. The molecule has 0 unspecified atom stereocenters. The van der Waals surface area contributed by atoms with Gasteiger partial charge in [-0.25, -0.2) is 0 Å². The molecule has 1 aliphatic rings. The molecule has 0 aliphatic heterocycles. The molecule has 0 atom stereocenters. The number of hydrogen-bond donors (Lipinski definition) is 2. The van der Waals surface area contributed by atoms with Gasteiger partial charge in [-0.2, -0.15) is 0 Å². The van der Waals surface area contributed by atoms with E-state index in [1.165, 1.54) is 29.7 Å². The number of carbonyl (C=O) groups excluding carboxylic acids is 1. The predicted molar refractivity (Wildman–Crippen MR) is 76.0 cm³/mol. The monoisotopic (exact) mass is 260 g/mol. The average Bonchev–Trinajstić information content (AvgIpc) is 3.12. The molecule has 2 aromatic rings. The topological polar surface area (TPSA) is 55.1 Å². The Balaban J connectivity index is 1.93. The van der Waals surface area contributed by atoms with Crippen LogP contribution in [0.5, 0.6) is 0 Å². The highest BCUT2D eigenvalue weighted by Crippen LogP contribution is 2.35. The lowest BCUT2D eigenvalue weighted by Crippen LogP contribution is -2.25. The standard InChI is InChI=1S/C14H16N2OS/c1-8-3-2-4-10-11(15)13(18-12(8)10)14(17)16-7-9-5-6-9/h2-4,9H,5-7,15H2,1H3,(H,16,17). The summed E-state index contributed by atoms with van der Waals surface area (Å²) < 4.78 is 1.12. The van der Waals surface area contributed by atoms with Crippen LogP contribution < -0.4 is 11.1 Å². The molecule has 1 amide bonds. The Bertz CT molecular complexity index is 614. The fraction of sp³-hybridized carbons (Fsp3) is 0.357. The molecular weight excluding hydrogens is 244 g/mol. The van der Waals surface area contributed by atoms with Gasteiger partial charge < -0.3 is 11.1 Å². The zero-order valence-corrected chi connectivity index (χ0v) is 11.1. The Morgan fingerprint density at radius 3 is 2.94 bits per heavy atom. The van der Waals surface area contributed by atoms with Crippen LogP contribution in [0.1, 0.15) is 28.1 Å². The minimum absolute atomic E-state index is 0.0278. The van der Waals surface area contributed by atoms with Crippen LogP contribution in [-0.4, -0.2) is 12.5 Å². The molecule has 3 rings (SSSR count). The summed E-state index contributed by atoms with van der Waals surface area (Å²) in [5.74, 6) is 0.659. The summed E-state index contributed by atoms with van der Waals surface area (Å²) in [4.78, 5) is 12.8. The summed E-state index contributed by atoms with van der Waals surface area (Å²) in [5.41, 5.74) is 7.87. The first-order valence-corrected chi connectivity index (χ1v) is 7.04. The molecule has 0 radical (unpaired) electrons. The molecule has 3 N–H and O–H groups in total. The SMILES string of the molecule is Cc1cccc2c(N)c(C(=O)NCC3CC3)sc12. The number of carbonyl (C=O) groups is 1. The zero-order chi connectivity index (χ0) is 12.7. The molecule has 18 heavy (non-hydrogen) atoms. The Morgan fingerprint density at radius 2 is 2.28 bits per heavy atom. The average molecular weight is 260 g/mol. The van der Waals surface area contributed by atoms with Crippen molar-refractivity contribution in [3.63, 3.8) is 0 Å². The maximum atomic E-state index is 12.1. The third-order valence-corrected chi connectivity index (χ3v) is 4.76. The number of hydrogen-bond acceptors (Lipinski definition) is 3. The van der Waals surface area contributed by atoms with Gasteiger partial charge in [0.2, 0.25) is 0 Å². The van der Waals surface area contributed by atoms with Gasteiger partial charge in [0.1, 0.15) is 4.88 Å². The van der Waals surface area contributed by atoms with Gasteiger partial charge in [-0.05, 0) is 31.2 Å². The minimum atomic E-state index is -0.0278. The van der Waals surface area contributed by atoms with E-state index < -0.39 is 0 Å². The van der Waals surface area contributed by atoms with Crippen molar-refractivity contribution < 1.29 is 4.79 Å². The first-order valence-electron chi connectivity index (χ1n) is 6.22. The van der Waals surface area contributed by atoms with Crippen molar-refractivity contribution in [2.45, 2.75) is 19.8 Å². The van der Waals surface area contributed by atoms with Crippen molar-refractivity contribution in [1.82, 2.24) is 5.32 Å². The van der Waals surface area contributed by atoms with Crippen molar-refractivity contribution in [2.24, 2.45) is 5.92 Å². The van der Waals surface area contributed by atoms with E-state index in [2.05, 4.69) is 5.32 Å². The van der Waals surface area contributed by atoms with Crippen LogP contribution in [0.4, 0.5) is 5.69 Å². The Kier molecular flexibility index (Phi) is 2.74. The van der Waals surface area contributed by atoms with Gasteiger partial charge in [0.05, 0.1) is 5.69 Å². The third-order valence-electron chi connectivity index (χ3n) is 3.41. The number of nitrogens with two attached hydrogens (primary N) is 1. The van der Waals surface area contributed by atoms with Crippen molar-refractivity contribution in [1.29, 1.82) is 0 Å². The van der Waals surface area contributed by atoms with Crippen LogP contribution in [0.3, 0.4) is 0 Å². The molecule has 1 saturated carbocycles. The van der Waals surface area contributed by atoms with Gasteiger partial charge in [-0.1, -0.05) is 18.2 Å². The number of aryl methyl sites for hydroxylation is 1. The molecule has 1 aromatic carbocycles. The van der Waals surface area contributed by atoms with E-state index in [-0.39, 0.29) is 5.91 Å². The van der Waals surface area contributed by atoms with Crippen LogP contribution in [-0.2, 0) is 0 Å². The smallest absolute Gasteiger partial charge is 0.263 e. The van der Waals surface area contributed by atoms with E-state index in [0.717, 1.165) is 16.6 Å². The maximum Gasteiger partial charge on any atom is 0.263 e. The van der Waals surface area contributed by atoms with Crippen molar-refractivity contribution >= 4 is 33.0 Å². The van der Waals surface area contributed by atoms with Crippen molar-refractivity contribution in [2.75, 3.05) is 12.3 Å². The highest BCUT2D eigenvalue weighted by molar-refractivity contribution is 7.21. The van der Waals surface area contributed by atoms with E-state index in [1.807, 2.05) is 25.1 Å². The zero-order valence-electron chi connectivity index (χ0n) is 10.3. The molecule has 0 spiro atoms. The molecule has 94 valence electrons. The summed E-state index contributed by atoms with van der Waals surface area (Å²) in [7, 11) is 0. The largest absolute Gasteiger partial charge is 0.397 e. The van der Waals surface area contributed by atoms with E-state index in [0.29, 0.717) is 16.5 Å². The summed E-state index contributed by atoms with van der Waals surface area (Å²) in [6.45, 7) is 2.83. The highest BCUT2D eigenvalue weighted by atomic mass is 32.1. The van der Waals surface area contributed by atoms with Crippen LogP contribution in [0.15, 0.2) is 18.2 Å². The van der Waals surface area contributed by atoms with E-state index in [9.17, 15) is 4.79 Å². The molecule has 1 fully saturated rings. The van der Waals surface area contributed by atoms with Gasteiger partial charge in [0, 0.05) is 16.6 Å². The van der Waals surface area contributed by atoms with Crippen LogP contribution in [0, 0.1) is 12.8 Å². The molecular formula is C14H16N2OS. The maximum absolute atomic E-state index is 12.1. The van der Waals surface area contributed by atoms with E-state index >= 15 is 0 Å². The normalized spacial score (nSPS) is 14.9.